The van der Waals surface area contributed by atoms with Crippen LogP contribution < -0.4 is 0 Å². The molecule has 0 unspecified atom stereocenters. The van der Waals surface area contributed by atoms with Gasteiger partial charge in [0.1, 0.15) is 0 Å². The zero-order chi connectivity index (χ0) is 9.42. The van der Waals surface area contributed by atoms with E-state index in [1.165, 1.54) is 5.57 Å². The third kappa shape index (κ3) is 1.24. The van der Waals surface area contributed by atoms with Crippen molar-refractivity contribution in [1.82, 2.24) is 0 Å². The van der Waals surface area contributed by atoms with Crippen LogP contribution in [0.15, 0.2) is 23.8 Å². The summed E-state index contributed by atoms with van der Waals surface area (Å²) >= 11 is 0. The molecule has 13 heavy (non-hydrogen) atoms. The second-order valence-electron chi connectivity index (χ2n) is 3.35. The maximum absolute atomic E-state index is 10.8. The zero-order valence-electron chi connectivity index (χ0n) is 7.37. The Labute approximate surface area is 76.5 Å². The zero-order valence-corrected chi connectivity index (χ0v) is 7.37. The van der Waals surface area contributed by atoms with E-state index < -0.39 is 5.97 Å². The van der Waals surface area contributed by atoms with Crippen LogP contribution in [0.4, 0.5) is 0 Å². The molecule has 1 aromatic rings. The summed E-state index contributed by atoms with van der Waals surface area (Å²) in [6, 6.07) is 5.41. The van der Waals surface area contributed by atoms with Gasteiger partial charge in [-0.15, -0.1) is 0 Å². The minimum atomic E-state index is -0.833. The van der Waals surface area contributed by atoms with Crippen molar-refractivity contribution in [3.63, 3.8) is 0 Å². The van der Waals surface area contributed by atoms with E-state index in [1.807, 2.05) is 19.1 Å². The third-order valence-corrected chi connectivity index (χ3v) is 2.30. The van der Waals surface area contributed by atoms with Crippen LogP contribution in [-0.2, 0) is 6.42 Å². The molecule has 1 aliphatic rings. The Balaban J connectivity index is 2.57. The molecule has 0 heterocycles. The molecule has 1 aliphatic carbocycles. The molecule has 66 valence electrons. The first-order valence-electron chi connectivity index (χ1n) is 4.21. The first-order chi connectivity index (χ1) is 6.18. The first kappa shape index (κ1) is 8.05. The van der Waals surface area contributed by atoms with Crippen molar-refractivity contribution < 1.29 is 9.90 Å². The highest BCUT2D eigenvalue weighted by Crippen LogP contribution is 2.27. The Kier molecular flexibility index (Phi) is 1.69. The molecule has 0 radical (unpaired) electrons. The normalized spacial score (nSPS) is 13.8. The predicted molar refractivity (Wildman–Crippen MR) is 50.8 cm³/mol. The number of fused-ring (bicyclic) bond motifs is 1. The molecule has 0 amide bonds. The minimum Gasteiger partial charge on any atom is -0.478 e. The molecule has 0 atom stereocenters. The fourth-order valence-electron chi connectivity index (χ4n) is 1.73. The van der Waals surface area contributed by atoms with Gasteiger partial charge in [-0.3, -0.25) is 0 Å². The second kappa shape index (κ2) is 2.73. The number of aromatic carboxylic acids is 1. The van der Waals surface area contributed by atoms with Gasteiger partial charge in [0.2, 0.25) is 0 Å². The van der Waals surface area contributed by atoms with Gasteiger partial charge in [0.05, 0.1) is 5.56 Å². The van der Waals surface area contributed by atoms with Gasteiger partial charge in [0.15, 0.2) is 0 Å². The molecule has 0 aromatic heterocycles. The van der Waals surface area contributed by atoms with Crippen LogP contribution in [0.25, 0.3) is 6.08 Å². The van der Waals surface area contributed by atoms with E-state index in [2.05, 4.69) is 0 Å². The van der Waals surface area contributed by atoms with Crippen molar-refractivity contribution >= 4 is 12.0 Å². The number of hydrogen-bond acceptors (Lipinski definition) is 1. The van der Waals surface area contributed by atoms with Crippen LogP contribution in [0.5, 0.6) is 0 Å². The number of carbonyl (C=O) groups is 1. The lowest BCUT2D eigenvalue weighted by Gasteiger charge is -2.02. The summed E-state index contributed by atoms with van der Waals surface area (Å²) in [5.74, 6) is -0.833. The van der Waals surface area contributed by atoms with Gasteiger partial charge >= 0.3 is 5.97 Å². The van der Waals surface area contributed by atoms with E-state index in [-0.39, 0.29) is 0 Å². The fourth-order valence-corrected chi connectivity index (χ4v) is 1.73. The molecule has 0 saturated heterocycles. The molecule has 1 aromatic carbocycles. The quantitative estimate of drug-likeness (QED) is 0.709. The molecule has 2 nitrogen and oxygen atoms in total. The van der Waals surface area contributed by atoms with Gasteiger partial charge in [0.25, 0.3) is 0 Å². The van der Waals surface area contributed by atoms with Crippen LogP contribution in [0.1, 0.15) is 28.4 Å². The number of benzene rings is 1. The highest BCUT2D eigenvalue weighted by molar-refractivity contribution is 5.91. The second-order valence-corrected chi connectivity index (χ2v) is 3.35. The Hall–Kier alpha value is -1.57. The Morgan fingerprint density at radius 1 is 1.46 bits per heavy atom. The topological polar surface area (TPSA) is 37.3 Å². The minimum absolute atomic E-state index is 0.436. The molecule has 1 N–H and O–H groups in total. The van der Waals surface area contributed by atoms with Crippen LogP contribution in [0.2, 0.25) is 0 Å². The smallest absolute Gasteiger partial charge is 0.335 e. The maximum Gasteiger partial charge on any atom is 0.335 e. The lowest BCUT2D eigenvalue weighted by molar-refractivity contribution is 0.0696. The average Bonchev–Trinajstić information content (AvgIpc) is 2.43. The molecule has 0 bridgehead atoms. The summed E-state index contributed by atoms with van der Waals surface area (Å²) in [5.41, 5.74) is 3.67. The van der Waals surface area contributed by atoms with Gasteiger partial charge in [-0.25, -0.2) is 4.79 Å². The van der Waals surface area contributed by atoms with Crippen LogP contribution in [-0.4, -0.2) is 11.1 Å². The van der Waals surface area contributed by atoms with E-state index in [0.29, 0.717) is 5.56 Å². The SMILES string of the molecule is CC1=Cc2cccc(C(=O)O)c2C1. The number of carboxylic acids is 1. The summed E-state index contributed by atoms with van der Waals surface area (Å²) in [6.07, 6.45) is 2.82. The Morgan fingerprint density at radius 2 is 2.23 bits per heavy atom. The summed E-state index contributed by atoms with van der Waals surface area (Å²) in [7, 11) is 0. The van der Waals surface area contributed by atoms with Gasteiger partial charge in [-0.2, -0.15) is 0 Å². The monoisotopic (exact) mass is 174 g/mol. The number of allylic oxidation sites excluding steroid dienone is 1. The highest BCUT2D eigenvalue weighted by Gasteiger charge is 2.16. The van der Waals surface area contributed by atoms with Gasteiger partial charge < -0.3 is 5.11 Å². The van der Waals surface area contributed by atoms with E-state index >= 15 is 0 Å². The van der Waals surface area contributed by atoms with Gasteiger partial charge in [-0.1, -0.05) is 23.8 Å². The summed E-state index contributed by atoms with van der Waals surface area (Å²) < 4.78 is 0. The van der Waals surface area contributed by atoms with Crippen LogP contribution in [0.3, 0.4) is 0 Å². The molecular formula is C11H10O2. The van der Waals surface area contributed by atoms with Crippen molar-refractivity contribution in [1.29, 1.82) is 0 Å². The molecule has 2 rings (SSSR count). The molecule has 2 heteroatoms. The predicted octanol–water partition coefficient (Wildman–Crippen LogP) is 2.34. The van der Waals surface area contributed by atoms with E-state index in [9.17, 15) is 4.79 Å². The van der Waals surface area contributed by atoms with E-state index in [4.69, 9.17) is 5.11 Å². The van der Waals surface area contributed by atoms with E-state index in [1.54, 1.807) is 12.1 Å². The van der Waals surface area contributed by atoms with Gasteiger partial charge in [0, 0.05) is 0 Å². The largest absolute Gasteiger partial charge is 0.478 e. The standard InChI is InChI=1S/C11H10O2/c1-7-5-8-3-2-4-9(11(12)13)10(8)6-7/h2-5H,6H2,1H3,(H,12,13). The third-order valence-electron chi connectivity index (χ3n) is 2.30. The van der Waals surface area contributed by atoms with Crippen molar-refractivity contribution in [2.75, 3.05) is 0 Å². The first-order valence-corrected chi connectivity index (χ1v) is 4.21. The molecule has 0 spiro atoms. The summed E-state index contributed by atoms with van der Waals surface area (Å²) in [6.45, 7) is 2.02. The maximum atomic E-state index is 10.8. The van der Waals surface area contributed by atoms with Crippen LogP contribution >= 0.6 is 0 Å². The number of carboxylic acid groups (broad SMARTS) is 1. The molecule has 0 saturated carbocycles. The van der Waals surface area contributed by atoms with Crippen LogP contribution in [0, 0.1) is 0 Å². The fraction of sp³-hybridized carbons (Fsp3) is 0.182. The van der Waals surface area contributed by atoms with E-state index in [0.717, 1.165) is 17.5 Å². The van der Waals surface area contributed by atoms with Crippen molar-refractivity contribution in [3.8, 4) is 0 Å². The van der Waals surface area contributed by atoms with Crippen molar-refractivity contribution in [3.05, 3.63) is 40.5 Å². The van der Waals surface area contributed by atoms with Crippen molar-refractivity contribution in [2.24, 2.45) is 0 Å². The lowest BCUT2D eigenvalue weighted by Crippen LogP contribution is -2.01. The lowest BCUT2D eigenvalue weighted by atomic mass is 10.0. The van der Waals surface area contributed by atoms with Gasteiger partial charge in [-0.05, 0) is 30.5 Å². The molecule has 0 aliphatic heterocycles. The van der Waals surface area contributed by atoms with Crippen molar-refractivity contribution in [2.45, 2.75) is 13.3 Å². The number of rotatable bonds is 1. The summed E-state index contributed by atoms with van der Waals surface area (Å²) in [5, 5.41) is 8.91. The Bertz CT molecular complexity index is 403. The highest BCUT2D eigenvalue weighted by atomic mass is 16.4. The average molecular weight is 174 g/mol. The molecule has 0 fully saturated rings. The summed E-state index contributed by atoms with van der Waals surface area (Å²) in [4.78, 5) is 10.8. The number of hydrogen-bond donors (Lipinski definition) is 1. The Morgan fingerprint density at radius 3 is 2.92 bits per heavy atom. The molecular weight excluding hydrogens is 164 g/mol.